The van der Waals surface area contributed by atoms with Crippen LogP contribution in [-0.2, 0) is 4.84 Å². The minimum atomic E-state index is 0.667. The Bertz CT molecular complexity index is 200. The fourth-order valence-corrected chi connectivity index (χ4v) is 0.857. The molecular formula is C7H6NO. The fraction of sp³-hybridized carbons (Fsp3) is 0.143. The van der Waals surface area contributed by atoms with Gasteiger partial charge >= 0.3 is 0 Å². The third-order valence-corrected chi connectivity index (χ3v) is 1.28. The zero-order valence-corrected chi connectivity index (χ0v) is 4.87. The molecule has 2 aliphatic heterocycles. The van der Waals surface area contributed by atoms with Crippen molar-refractivity contribution in [3.05, 3.63) is 36.2 Å². The first-order valence-corrected chi connectivity index (χ1v) is 2.86. The maximum Gasteiger partial charge on any atom is 0.0958 e. The second-order valence-corrected chi connectivity index (χ2v) is 1.86. The van der Waals surface area contributed by atoms with Crippen molar-refractivity contribution in [3.8, 4) is 0 Å². The molecule has 2 nitrogen and oxygen atoms in total. The van der Waals surface area contributed by atoms with Gasteiger partial charge in [0, 0.05) is 12.3 Å². The van der Waals surface area contributed by atoms with Crippen LogP contribution in [0.2, 0.25) is 0 Å². The third-order valence-electron chi connectivity index (χ3n) is 1.28. The molecule has 2 heterocycles. The minimum absolute atomic E-state index is 0.667. The van der Waals surface area contributed by atoms with Crippen LogP contribution in [0.15, 0.2) is 30.1 Å². The van der Waals surface area contributed by atoms with Gasteiger partial charge in [-0.05, 0) is 12.2 Å². The summed E-state index contributed by atoms with van der Waals surface area (Å²) in [6, 6.07) is 0. The molecule has 2 rings (SSSR count). The molecule has 9 heavy (non-hydrogen) atoms. The fourth-order valence-electron chi connectivity index (χ4n) is 0.857. The van der Waals surface area contributed by atoms with Gasteiger partial charge in [-0.15, -0.1) is 0 Å². The Morgan fingerprint density at radius 1 is 1.67 bits per heavy atom. The first-order valence-electron chi connectivity index (χ1n) is 2.86. The van der Waals surface area contributed by atoms with E-state index in [9.17, 15) is 0 Å². The molecule has 0 N–H and O–H groups in total. The smallest absolute Gasteiger partial charge is 0.0958 e. The van der Waals surface area contributed by atoms with Gasteiger partial charge in [-0.3, -0.25) is 4.84 Å². The molecule has 0 aromatic heterocycles. The third kappa shape index (κ3) is 0.678. The number of hydrogen-bond donors (Lipinski definition) is 0. The van der Waals surface area contributed by atoms with Crippen molar-refractivity contribution in [2.45, 2.75) is 0 Å². The van der Waals surface area contributed by atoms with Crippen molar-refractivity contribution in [2.75, 3.05) is 6.61 Å². The zero-order chi connectivity index (χ0) is 6.10. The van der Waals surface area contributed by atoms with Crippen molar-refractivity contribution >= 4 is 0 Å². The van der Waals surface area contributed by atoms with Crippen LogP contribution >= 0.6 is 0 Å². The van der Waals surface area contributed by atoms with Gasteiger partial charge in [-0.2, -0.15) is 0 Å². The highest BCUT2D eigenvalue weighted by atomic mass is 16.7. The second-order valence-electron chi connectivity index (χ2n) is 1.86. The Balaban J connectivity index is 2.33. The molecule has 0 atom stereocenters. The number of rotatable bonds is 0. The van der Waals surface area contributed by atoms with E-state index in [4.69, 9.17) is 4.84 Å². The summed E-state index contributed by atoms with van der Waals surface area (Å²) in [6.07, 6.45) is 10.7. The monoisotopic (exact) mass is 120 g/mol. The first-order chi connectivity index (χ1) is 4.47. The van der Waals surface area contributed by atoms with Crippen LogP contribution in [0, 0.1) is 6.08 Å². The van der Waals surface area contributed by atoms with E-state index in [-0.39, 0.29) is 0 Å². The van der Waals surface area contributed by atoms with Crippen LogP contribution in [-0.4, -0.2) is 11.7 Å². The van der Waals surface area contributed by atoms with E-state index in [1.54, 1.807) is 5.06 Å². The first kappa shape index (κ1) is 4.82. The molecule has 0 aromatic rings. The Hall–Kier alpha value is -1.02. The van der Waals surface area contributed by atoms with Crippen molar-refractivity contribution in [3.63, 3.8) is 0 Å². The highest BCUT2D eigenvalue weighted by Gasteiger charge is 2.11. The van der Waals surface area contributed by atoms with E-state index >= 15 is 0 Å². The number of fused-ring (bicyclic) bond motifs is 1. The lowest BCUT2D eigenvalue weighted by molar-refractivity contribution is -0.0555. The summed E-state index contributed by atoms with van der Waals surface area (Å²) >= 11 is 0. The number of nitrogens with zero attached hydrogens (tertiary/aromatic N) is 1. The van der Waals surface area contributed by atoms with Gasteiger partial charge in [0.25, 0.3) is 0 Å². The number of hydrogen-bond acceptors (Lipinski definition) is 2. The maximum absolute atomic E-state index is 5.13. The van der Waals surface area contributed by atoms with E-state index < -0.39 is 0 Å². The molecule has 45 valence electrons. The van der Waals surface area contributed by atoms with E-state index in [2.05, 4.69) is 6.08 Å². The molecular weight excluding hydrogens is 114 g/mol. The standard InChI is InChI=1S/C7H6NO/c1-2-5-8-7(3-1)4-6-9-8/h1-2,4-5H,6H2. The van der Waals surface area contributed by atoms with Crippen LogP contribution < -0.4 is 0 Å². The van der Waals surface area contributed by atoms with E-state index in [1.165, 1.54) is 0 Å². The second kappa shape index (κ2) is 1.74. The lowest BCUT2D eigenvalue weighted by atomic mass is 10.3. The summed E-state index contributed by atoms with van der Waals surface area (Å²) in [5.74, 6) is 0. The van der Waals surface area contributed by atoms with Crippen molar-refractivity contribution in [2.24, 2.45) is 0 Å². The van der Waals surface area contributed by atoms with E-state index in [1.807, 2.05) is 24.4 Å². The molecule has 0 aliphatic carbocycles. The molecule has 2 aliphatic rings. The van der Waals surface area contributed by atoms with Crippen molar-refractivity contribution in [1.29, 1.82) is 0 Å². The molecule has 0 fully saturated rings. The summed E-state index contributed by atoms with van der Waals surface area (Å²) in [5.41, 5.74) is 1.01. The van der Waals surface area contributed by atoms with Gasteiger partial charge in [-0.25, -0.2) is 5.06 Å². The summed E-state index contributed by atoms with van der Waals surface area (Å²) < 4.78 is 0. The van der Waals surface area contributed by atoms with Gasteiger partial charge in [0.05, 0.1) is 12.3 Å². The quantitative estimate of drug-likeness (QED) is 0.473. The summed E-state index contributed by atoms with van der Waals surface area (Å²) in [4.78, 5) is 5.13. The largest absolute Gasteiger partial charge is 0.265 e. The highest BCUT2D eigenvalue weighted by molar-refractivity contribution is 5.22. The summed E-state index contributed by atoms with van der Waals surface area (Å²) in [5, 5.41) is 1.71. The molecule has 0 bridgehead atoms. The van der Waals surface area contributed by atoms with Crippen LogP contribution in [0.25, 0.3) is 0 Å². The van der Waals surface area contributed by atoms with Crippen LogP contribution in [0.4, 0.5) is 0 Å². The number of allylic oxidation sites excluding steroid dienone is 3. The SMILES string of the molecule is [C]1=CC=CN2OCC=C12. The van der Waals surface area contributed by atoms with E-state index in [0.29, 0.717) is 6.61 Å². The maximum atomic E-state index is 5.13. The Morgan fingerprint density at radius 2 is 2.67 bits per heavy atom. The lowest BCUT2D eigenvalue weighted by Gasteiger charge is -2.14. The molecule has 0 spiro atoms. The van der Waals surface area contributed by atoms with Crippen molar-refractivity contribution < 1.29 is 4.84 Å². The van der Waals surface area contributed by atoms with Crippen molar-refractivity contribution in [1.82, 2.24) is 5.06 Å². The summed E-state index contributed by atoms with van der Waals surface area (Å²) in [7, 11) is 0. The number of hydroxylamine groups is 2. The minimum Gasteiger partial charge on any atom is -0.265 e. The van der Waals surface area contributed by atoms with Crippen LogP contribution in [0.1, 0.15) is 0 Å². The average molecular weight is 120 g/mol. The predicted octanol–water partition coefficient (Wildman–Crippen LogP) is 1.00. The molecule has 0 saturated heterocycles. The highest BCUT2D eigenvalue weighted by Crippen LogP contribution is 2.16. The van der Waals surface area contributed by atoms with Gasteiger partial charge < -0.3 is 0 Å². The molecule has 0 aromatic carbocycles. The topological polar surface area (TPSA) is 12.5 Å². The lowest BCUT2D eigenvalue weighted by Crippen LogP contribution is -2.10. The Kier molecular flexibility index (Phi) is 0.932. The van der Waals surface area contributed by atoms with Gasteiger partial charge in [0.15, 0.2) is 0 Å². The van der Waals surface area contributed by atoms with E-state index in [0.717, 1.165) is 5.70 Å². The normalized spacial score (nSPS) is 22.2. The Labute approximate surface area is 53.7 Å². The molecule has 1 radical (unpaired) electrons. The van der Waals surface area contributed by atoms with Gasteiger partial charge in [-0.1, -0.05) is 6.08 Å². The molecule has 2 heteroatoms. The zero-order valence-electron chi connectivity index (χ0n) is 4.87. The molecule has 0 unspecified atom stereocenters. The predicted molar refractivity (Wildman–Crippen MR) is 32.8 cm³/mol. The Morgan fingerprint density at radius 3 is 3.56 bits per heavy atom. The van der Waals surface area contributed by atoms with Crippen LogP contribution in [0.5, 0.6) is 0 Å². The average Bonchev–Trinajstić information content (AvgIpc) is 2.33. The van der Waals surface area contributed by atoms with Gasteiger partial charge in [0.2, 0.25) is 0 Å². The molecule has 0 saturated carbocycles. The summed E-state index contributed by atoms with van der Waals surface area (Å²) in [6.45, 7) is 0.667. The van der Waals surface area contributed by atoms with Crippen LogP contribution in [0.3, 0.4) is 0 Å². The van der Waals surface area contributed by atoms with Gasteiger partial charge in [0.1, 0.15) is 0 Å². The molecule has 0 amide bonds.